The molecule has 0 aliphatic heterocycles. The van der Waals surface area contributed by atoms with Gasteiger partial charge in [-0.1, -0.05) is 0 Å². The van der Waals surface area contributed by atoms with Crippen molar-refractivity contribution < 1.29 is 47.4 Å². The van der Waals surface area contributed by atoms with Crippen LogP contribution in [0.1, 0.15) is 13.3 Å². The molecule has 0 fully saturated rings. The highest BCUT2D eigenvalue weighted by molar-refractivity contribution is 5.69. The first-order chi connectivity index (χ1) is 14.8. The number of ether oxygens (including phenoxy) is 9. The molecule has 10 nitrogen and oxygen atoms in total. The van der Waals surface area contributed by atoms with E-state index in [1.807, 2.05) is 6.92 Å². The van der Waals surface area contributed by atoms with Crippen LogP contribution in [0.5, 0.6) is 0 Å². The van der Waals surface area contributed by atoms with Crippen molar-refractivity contribution in [1.29, 1.82) is 0 Å². The van der Waals surface area contributed by atoms with Gasteiger partial charge in [0.2, 0.25) is 0 Å². The summed E-state index contributed by atoms with van der Waals surface area (Å²) < 4.78 is 47.2. The molecular formula is C20H40O10. The molecule has 0 bridgehead atoms. The standard InChI is InChI=1S/C20H40O10/c1-3-23-6-7-25-10-11-27-14-15-29-18-19-30-17-16-28-13-12-26-9-8-24-5-4-20(21)22-2/h3-19H2,1-2H3. The van der Waals surface area contributed by atoms with Gasteiger partial charge in [-0.05, 0) is 6.92 Å². The average Bonchev–Trinajstić information content (AvgIpc) is 2.76. The van der Waals surface area contributed by atoms with Gasteiger partial charge in [0.15, 0.2) is 0 Å². The van der Waals surface area contributed by atoms with Crippen LogP contribution in [-0.2, 0) is 47.4 Å². The first-order valence-corrected chi connectivity index (χ1v) is 10.5. The number of carbonyl (C=O) groups is 1. The van der Waals surface area contributed by atoms with Crippen molar-refractivity contribution in [1.82, 2.24) is 0 Å². The summed E-state index contributed by atoms with van der Waals surface area (Å²) in [5.74, 6) is -0.280. The van der Waals surface area contributed by atoms with Gasteiger partial charge in [-0.2, -0.15) is 0 Å². The first kappa shape index (κ1) is 29.1. The fourth-order valence-corrected chi connectivity index (χ4v) is 1.94. The zero-order valence-corrected chi connectivity index (χ0v) is 18.6. The van der Waals surface area contributed by atoms with Crippen LogP contribution in [0.15, 0.2) is 0 Å². The van der Waals surface area contributed by atoms with E-state index in [-0.39, 0.29) is 12.4 Å². The third-order valence-corrected chi connectivity index (χ3v) is 3.49. The Hall–Kier alpha value is -0.850. The van der Waals surface area contributed by atoms with Crippen LogP contribution in [0.25, 0.3) is 0 Å². The quantitative estimate of drug-likeness (QED) is 0.149. The molecule has 0 atom stereocenters. The zero-order chi connectivity index (χ0) is 22.0. The van der Waals surface area contributed by atoms with Crippen molar-refractivity contribution in [2.75, 3.05) is 113 Å². The molecule has 0 spiro atoms. The Morgan fingerprint density at radius 3 is 1.00 bits per heavy atom. The average molecular weight is 441 g/mol. The summed E-state index contributed by atoms with van der Waals surface area (Å²) in [6.45, 7) is 10.3. The molecule has 0 heterocycles. The maximum Gasteiger partial charge on any atom is 0.307 e. The minimum atomic E-state index is -0.280. The molecule has 0 aromatic heterocycles. The second-order valence-electron chi connectivity index (χ2n) is 5.81. The van der Waals surface area contributed by atoms with Crippen molar-refractivity contribution in [2.24, 2.45) is 0 Å². The molecule has 0 saturated heterocycles. The van der Waals surface area contributed by atoms with Crippen LogP contribution in [0.3, 0.4) is 0 Å². The molecule has 0 aromatic rings. The Balaban J connectivity index is 3.01. The second kappa shape index (κ2) is 26.2. The molecule has 180 valence electrons. The minimum absolute atomic E-state index is 0.254. The lowest BCUT2D eigenvalue weighted by Gasteiger charge is -2.08. The van der Waals surface area contributed by atoms with E-state index in [9.17, 15) is 4.79 Å². The monoisotopic (exact) mass is 440 g/mol. The van der Waals surface area contributed by atoms with Crippen LogP contribution in [0.4, 0.5) is 0 Å². The summed E-state index contributed by atoms with van der Waals surface area (Å²) in [6, 6.07) is 0. The van der Waals surface area contributed by atoms with E-state index in [0.29, 0.717) is 106 Å². The van der Waals surface area contributed by atoms with Crippen LogP contribution in [0.2, 0.25) is 0 Å². The summed E-state index contributed by atoms with van der Waals surface area (Å²) in [5.41, 5.74) is 0. The Bertz CT molecular complexity index is 344. The van der Waals surface area contributed by atoms with E-state index in [1.54, 1.807) is 0 Å². The molecule has 10 heteroatoms. The molecule has 0 N–H and O–H groups in total. The fourth-order valence-electron chi connectivity index (χ4n) is 1.94. The maximum atomic E-state index is 10.9. The Morgan fingerprint density at radius 1 is 0.467 bits per heavy atom. The largest absolute Gasteiger partial charge is 0.469 e. The number of carbonyl (C=O) groups excluding carboxylic acids is 1. The number of hydrogen-bond acceptors (Lipinski definition) is 10. The second-order valence-corrected chi connectivity index (χ2v) is 5.81. The lowest BCUT2D eigenvalue weighted by molar-refractivity contribution is -0.141. The smallest absolute Gasteiger partial charge is 0.307 e. The summed E-state index contributed by atoms with van der Waals surface area (Å²) >= 11 is 0. The molecule has 0 radical (unpaired) electrons. The highest BCUT2D eigenvalue weighted by Crippen LogP contribution is 1.88. The molecule has 0 rings (SSSR count). The predicted molar refractivity (Wildman–Crippen MR) is 109 cm³/mol. The highest BCUT2D eigenvalue weighted by atomic mass is 16.6. The van der Waals surface area contributed by atoms with E-state index in [2.05, 4.69) is 4.74 Å². The normalized spacial score (nSPS) is 11.1. The molecule has 0 aromatic carbocycles. The molecule has 30 heavy (non-hydrogen) atoms. The topological polar surface area (TPSA) is 100 Å². The lowest BCUT2D eigenvalue weighted by atomic mass is 10.5. The SMILES string of the molecule is CCOCCOCCOCCOCCOCCOCCOCCOCCC(=O)OC. The van der Waals surface area contributed by atoms with E-state index in [4.69, 9.17) is 37.9 Å². The van der Waals surface area contributed by atoms with Crippen LogP contribution < -0.4 is 0 Å². The zero-order valence-electron chi connectivity index (χ0n) is 18.6. The van der Waals surface area contributed by atoms with Gasteiger partial charge in [0, 0.05) is 6.61 Å². The van der Waals surface area contributed by atoms with Crippen molar-refractivity contribution in [3.8, 4) is 0 Å². The Kier molecular flexibility index (Phi) is 25.4. The van der Waals surface area contributed by atoms with Crippen molar-refractivity contribution in [3.63, 3.8) is 0 Å². The molecule has 0 saturated carbocycles. The van der Waals surface area contributed by atoms with E-state index in [1.165, 1.54) is 7.11 Å². The van der Waals surface area contributed by atoms with Gasteiger partial charge in [0.1, 0.15) is 0 Å². The maximum absolute atomic E-state index is 10.9. The summed E-state index contributed by atoms with van der Waals surface area (Å²) in [7, 11) is 1.35. The van der Waals surface area contributed by atoms with Crippen molar-refractivity contribution in [2.45, 2.75) is 13.3 Å². The minimum Gasteiger partial charge on any atom is -0.469 e. The molecule has 0 amide bonds. The van der Waals surface area contributed by atoms with E-state index >= 15 is 0 Å². The number of methoxy groups -OCH3 is 1. The van der Waals surface area contributed by atoms with Crippen LogP contribution in [-0.4, -0.2) is 119 Å². The van der Waals surface area contributed by atoms with Gasteiger partial charge in [0.05, 0.1) is 113 Å². The molecule has 0 unspecified atom stereocenters. The number of hydrogen-bond donors (Lipinski definition) is 0. The predicted octanol–water partition coefficient (Wildman–Crippen LogP) is 0.702. The number of rotatable bonds is 25. The fraction of sp³-hybridized carbons (Fsp3) is 0.950. The van der Waals surface area contributed by atoms with E-state index in [0.717, 1.165) is 0 Å². The van der Waals surface area contributed by atoms with Crippen molar-refractivity contribution in [3.05, 3.63) is 0 Å². The van der Waals surface area contributed by atoms with Gasteiger partial charge in [0.25, 0.3) is 0 Å². The van der Waals surface area contributed by atoms with Gasteiger partial charge in [-0.25, -0.2) is 0 Å². The first-order valence-electron chi connectivity index (χ1n) is 10.5. The molecular weight excluding hydrogens is 400 g/mol. The summed E-state index contributed by atoms with van der Waals surface area (Å²) in [6.07, 6.45) is 0.254. The van der Waals surface area contributed by atoms with E-state index < -0.39 is 0 Å². The molecule has 0 aliphatic carbocycles. The van der Waals surface area contributed by atoms with Crippen molar-refractivity contribution >= 4 is 5.97 Å². The Labute approximate surface area is 180 Å². The summed E-state index contributed by atoms with van der Waals surface area (Å²) in [4.78, 5) is 10.9. The van der Waals surface area contributed by atoms with Gasteiger partial charge in [-0.3, -0.25) is 4.79 Å². The highest BCUT2D eigenvalue weighted by Gasteiger charge is 1.99. The third kappa shape index (κ3) is 25.2. The van der Waals surface area contributed by atoms with Crippen LogP contribution >= 0.6 is 0 Å². The molecule has 0 aliphatic rings. The third-order valence-electron chi connectivity index (χ3n) is 3.49. The Morgan fingerprint density at radius 2 is 0.733 bits per heavy atom. The number of esters is 1. The van der Waals surface area contributed by atoms with Gasteiger partial charge < -0.3 is 42.6 Å². The van der Waals surface area contributed by atoms with Crippen LogP contribution in [0, 0.1) is 0 Å². The summed E-state index contributed by atoms with van der Waals surface area (Å²) in [5, 5.41) is 0. The van der Waals surface area contributed by atoms with Gasteiger partial charge in [-0.15, -0.1) is 0 Å². The van der Waals surface area contributed by atoms with Gasteiger partial charge >= 0.3 is 5.97 Å². The lowest BCUT2D eigenvalue weighted by Crippen LogP contribution is -2.15.